The van der Waals surface area contributed by atoms with Crippen molar-refractivity contribution in [1.82, 2.24) is 15.5 Å². The van der Waals surface area contributed by atoms with Crippen molar-refractivity contribution in [3.63, 3.8) is 0 Å². The van der Waals surface area contributed by atoms with Gasteiger partial charge in [0.2, 0.25) is 11.8 Å². The van der Waals surface area contributed by atoms with Gasteiger partial charge in [0, 0.05) is 39.0 Å². The second-order valence-electron chi connectivity index (χ2n) is 12.3. The number of rotatable bonds is 8. The minimum atomic E-state index is -0.977. The van der Waals surface area contributed by atoms with Crippen molar-refractivity contribution in [3.05, 3.63) is 23.8 Å². The summed E-state index contributed by atoms with van der Waals surface area (Å²) in [6.45, 7) is 7.23. The summed E-state index contributed by atoms with van der Waals surface area (Å²) in [5.41, 5.74) is -0.149. The molecule has 1 fully saturated rings. The first kappa shape index (κ1) is 34.2. The fourth-order valence-corrected chi connectivity index (χ4v) is 5.93. The molecule has 1 aromatic carbocycles. The van der Waals surface area contributed by atoms with Gasteiger partial charge in [-0.2, -0.15) is 0 Å². The Labute approximate surface area is 256 Å². The molecule has 3 aliphatic rings. The number of hydrogen-bond acceptors (Lipinski definition) is 7. The molecular weight excluding hydrogens is 550 g/mol. The average Bonchev–Trinajstić information content (AvgIpc) is 3.49. The van der Waals surface area contributed by atoms with Crippen molar-refractivity contribution in [2.45, 2.75) is 85.0 Å². The lowest BCUT2D eigenvalue weighted by Gasteiger charge is -2.33. The second-order valence-corrected chi connectivity index (χ2v) is 12.3. The number of carbonyl (C=O) groups excluding carboxylic acids is 4. The number of ether oxygens (including phenoxy) is 3. The highest BCUT2D eigenvalue weighted by Crippen LogP contribution is 2.35. The maximum Gasteiger partial charge on any atom is 0.314 e. The Hall–Kier alpha value is -3.30. The minimum Gasteiger partial charge on any atom is -0.493 e. The van der Waals surface area contributed by atoms with E-state index in [4.69, 9.17) is 14.2 Å². The number of methoxy groups -OCH3 is 1. The highest BCUT2D eigenvalue weighted by molar-refractivity contribution is 5.81. The van der Waals surface area contributed by atoms with Gasteiger partial charge in [0.25, 0.3) is 5.91 Å². The Bertz CT molecular complexity index is 1090. The quantitative estimate of drug-likeness (QED) is 0.341. The third kappa shape index (κ3) is 10.7. The van der Waals surface area contributed by atoms with E-state index in [0.29, 0.717) is 68.7 Å². The van der Waals surface area contributed by atoms with Crippen molar-refractivity contribution in [1.29, 1.82) is 0 Å². The van der Waals surface area contributed by atoms with E-state index in [9.17, 15) is 19.2 Å². The van der Waals surface area contributed by atoms with Crippen LogP contribution in [-0.2, 0) is 30.3 Å². The molecule has 4 rings (SSSR count). The summed E-state index contributed by atoms with van der Waals surface area (Å²) in [5.74, 6) is 0.838. The molecule has 43 heavy (non-hydrogen) atoms. The molecule has 2 aliphatic heterocycles. The second kappa shape index (κ2) is 17.1. The van der Waals surface area contributed by atoms with E-state index in [1.807, 2.05) is 6.07 Å². The normalized spacial score (nSPS) is 21.3. The molecule has 3 amide bonds. The predicted molar refractivity (Wildman–Crippen MR) is 164 cm³/mol. The molecule has 0 spiro atoms. The largest absolute Gasteiger partial charge is 0.493 e. The molecule has 2 N–H and O–H groups in total. The van der Waals surface area contributed by atoms with Gasteiger partial charge in [0.15, 0.2) is 18.1 Å². The number of hydrogen-bond donors (Lipinski definition) is 2. The van der Waals surface area contributed by atoms with Gasteiger partial charge >= 0.3 is 5.97 Å². The molecular formula is C33H51N3O7. The fourth-order valence-electron chi connectivity index (χ4n) is 5.93. The first-order chi connectivity index (χ1) is 20.7. The molecule has 1 aromatic rings. The smallest absolute Gasteiger partial charge is 0.314 e. The minimum absolute atomic E-state index is 0.0586. The molecule has 2 bridgehead atoms. The SMILES string of the molecule is CCOC(=O)C1(CCC(C)C)CNC(=O)CCCN(C(=O)CC2CCCC2)CCNC(=O)COc2ccc(cc2OC)C1. The van der Waals surface area contributed by atoms with Crippen LogP contribution in [0, 0.1) is 17.3 Å². The van der Waals surface area contributed by atoms with Crippen LogP contribution in [0.15, 0.2) is 18.2 Å². The van der Waals surface area contributed by atoms with Crippen molar-refractivity contribution >= 4 is 23.7 Å². The first-order valence-electron chi connectivity index (χ1n) is 15.9. The maximum atomic E-state index is 13.5. The van der Waals surface area contributed by atoms with Gasteiger partial charge in [-0.15, -0.1) is 0 Å². The topological polar surface area (TPSA) is 123 Å². The van der Waals surface area contributed by atoms with Crippen LogP contribution in [0.4, 0.5) is 0 Å². The van der Waals surface area contributed by atoms with Crippen LogP contribution in [-0.4, -0.2) is 75.1 Å². The Morgan fingerprint density at radius 2 is 1.86 bits per heavy atom. The van der Waals surface area contributed by atoms with Crippen molar-refractivity contribution in [3.8, 4) is 11.5 Å². The van der Waals surface area contributed by atoms with Crippen LogP contribution >= 0.6 is 0 Å². The highest BCUT2D eigenvalue weighted by Gasteiger charge is 2.40. The molecule has 1 aliphatic carbocycles. The number of carbonyl (C=O) groups is 4. The summed E-state index contributed by atoms with van der Waals surface area (Å²) >= 11 is 0. The molecule has 1 saturated carbocycles. The van der Waals surface area contributed by atoms with Crippen LogP contribution in [0.2, 0.25) is 0 Å². The zero-order valence-electron chi connectivity index (χ0n) is 26.5. The maximum absolute atomic E-state index is 13.5. The van der Waals surface area contributed by atoms with Gasteiger partial charge in [-0.05, 0) is 75.0 Å². The van der Waals surface area contributed by atoms with E-state index in [-0.39, 0.29) is 49.9 Å². The van der Waals surface area contributed by atoms with Crippen LogP contribution in [0.3, 0.4) is 0 Å². The highest BCUT2D eigenvalue weighted by atomic mass is 16.5. The van der Waals surface area contributed by atoms with E-state index in [2.05, 4.69) is 24.5 Å². The lowest BCUT2D eigenvalue weighted by Crippen LogP contribution is -2.46. The molecule has 10 nitrogen and oxygen atoms in total. The van der Waals surface area contributed by atoms with Crippen molar-refractivity contribution < 1.29 is 33.4 Å². The number of amides is 3. The fraction of sp³-hybridized carbons (Fsp3) is 0.697. The Morgan fingerprint density at radius 3 is 2.56 bits per heavy atom. The van der Waals surface area contributed by atoms with Gasteiger partial charge < -0.3 is 29.7 Å². The number of fused-ring (bicyclic) bond motifs is 16. The molecule has 0 radical (unpaired) electrons. The Balaban J connectivity index is 1.86. The van der Waals surface area contributed by atoms with Gasteiger partial charge in [-0.3, -0.25) is 19.2 Å². The predicted octanol–water partition coefficient (Wildman–Crippen LogP) is 4.04. The number of nitrogens with one attached hydrogen (secondary N) is 2. The number of nitrogens with zero attached hydrogens (tertiary/aromatic N) is 1. The van der Waals surface area contributed by atoms with E-state index in [1.54, 1.807) is 24.0 Å². The van der Waals surface area contributed by atoms with Crippen molar-refractivity contribution in [2.24, 2.45) is 17.3 Å². The monoisotopic (exact) mass is 601 g/mol. The zero-order valence-corrected chi connectivity index (χ0v) is 26.5. The molecule has 1 atom stereocenters. The summed E-state index contributed by atoms with van der Waals surface area (Å²) in [6.07, 6.45) is 7.30. The van der Waals surface area contributed by atoms with Crippen LogP contribution in [0.1, 0.15) is 84.1 Å². The van der Waals surface area contributed by atoms with Crippen LogP contribution in [0.5, 0.6) is 11.5 Å². The van der Waals surface area contributed by atoms with E-state index in [1.165, 1.54) is 7.11 Å². The number of esters is 1. The van der Waals surface area contributed by atoms with Crippen LogP contribution in [0.25, 0.3) is 0 Å². The lowest BCUT2D eigenvalue weighted by atomic mass is 9.76. The third-order valence-electron chi connectivity index (χ3n) is 8.49. The third-order valence-corrected chi connectivity index (χ3v) is 8.49. The van der Waals surface area contributed by atoms with Gasteiger partial charge in [-0.25, -0.2) is 0 Å². The lowest BCUT2D eigenvalue weighted by molar-refractivity contribution is -0.156. The summed E-state index contributed by atoms with van der Waals surface area (Å²) in [4.78, 5) is 54.2. The summed E-state index contributed by atoms with van der Waals surface area (Å²) in [7, 11) is 1.52. The number of benzene rings is 1. The first-order valence-corrected chi connectivity index (χ1v) is 15.9. The van der Waals surface area contributed by atoms with Gasteiger partial charge in [0.05, 0.1) is 19.1 Å². The summed E-state index contributed by atoms with van der Waals surface area (Å²) in [6, 6.07) is 5.39. The Morgan fingerprint density at radius 1 is 1.09 bits per heavy atom. The molecule has 240 valence electrons. The molecule has 10 heteroatoms. The average molecular weight is 602 g/mol. The van der Waals surface area contributed by atoms with E-state index in [0.717, 1.165) is 37.7 Å². The molecule has 0 saturated heterocycles. The van der Waals surface area contributed by atoms with Gasteiger partial charge in [-0.1, -0.05) is 32.8 Å². The Kier molecular flexibility index (Phi) is 13.6. The van der Waals surface area contributed by atoms with E-state index < -0.39 is 5.41 Å². The van der Waals surface area contributed by atoms with E-state index >= 15 is 0 Å². The van der Waals surface area contributed by atoms with Crippen LogP contribution < -0.4 is 20.1 Å². The zero-order chi connectivity index (χ0) is 31.2. The molecule has 1 unspecified atom stereocenters. The molecule has 2 heterocycles. The standard InChI is InChI=1S/C33H51N3O7/c1-5-42-32(40)33(15-14-24(2)3)21-26-12-13-27(28(19-26)41-4)43-22-30(38)34-16-18-36(17-8-11-29(37)35-23-33)31(39)20-25-9-6-7-10-25/h12-13,19,24-25H,5-11,14-18,20-23H2,1-4H3,(H,34,38)(H,35,37). The molecule has 0 aromatic heterocycles. The summed E-state index contributed by atoms with van der Waals surface area (Å²) < 4.78 is 16.9. The van der Waals surface area contributed by atoms with Gasteiger partial charge in [0.1, 0.15) is 0 Å². The van der Waals surface area contributed by atoms with Crippen molar-refractivity contribution in [2.75, 3.05) is 46.5 Å². The summed E-state index contributed by atoms with van der Waals surface area (Å²) in [5, 5.41) is 5.86.